The lowest BCUT2D eigenvalue weighted by Gasteiger charge is -2.32. The highest BCUT2D eigenvalue weighted by molar-refractivity contribution is 5.85. The van der Waals surface area contributed by atoms with Gasteiger partial charge in [0.25, 0.3) is 0 Å². The molecule has 5 heteroatoms. The fourth-order valence-electron chi connectivity index (χ4n) is 3.40. The number of hydrogen-bond acceptors (Lipinski definition) is 4. The molecule has 1 aromatic rings. The first-order chi connectivity index (χ1) is 11.6. The van der Waals surface area contributed by atoms with Crippen LogP contribution in [-0.4, -0.2) is 55.8 Å². The molecule has 2 aliphatic rings. The monoisotopic (exact) mass is 332 g/mol. The number of piperidine rings is 1. The van der Waals surface area contributed by atoms with Crippen LogP contribution in [0, 0.1) is 0 Å². The lowest BCUT2D eigenvalue weighted by Crippen LogP contribution is -2.46. The van der Waals surface area contributed by atoms with Crippen molar-refractivity contribution < 1.29 is 14.3 Å². The van der Waals surface area contributed by atoms with Crippen LogP contribution in [0.5, 0.6) is 5.75 Å². The number of fused-ring (bicyclic) bond motifs is 1. The molecule has 1 N–H and O–H groups in total. The van der Waals surface area contributed by atoms with E-state index in [4.69, 9.17) is 9.47 Å². The molecule has 1 aromatic carbocycles. The van der Waals surface area contributed by atoms with E-state index >= 15 is 0 Å². The summed E-state index contributed by atoms with van der Waals surface area (Å²) in [5.41, 5.74) is 1.01. The number of benzene rings is 1. The minimum absolute atomic E-state index is 0.0986. The number of para-hydroxylation sites is 1. The molecule has 1 unspecified atom stereocenters. The number of hydrogen-bond donors (Lipinski definition) is 1. The summed E-state index contributed by atoms with van der Waals surface area (Å²) in [5.74, 6) is 0.776. The van der Waals surface area contributed by atoms with Crippen molar-refractivity contribution >= 4 is 5.91 Å². The van der Waals surface area contributed by atoms with Crippen LogP contribution >= 0.6 is 0 Å². The van der Waals surface area contributed by atoms with Crippen molar-refractivity contribution in [3.05, 3.63) is 29.8 Å². The molecule has 5 nitrogen and oxygen atoms in total. The molecule has 0 saturated carbocycles. The Morgan fingerprint density at radius 1 is 1.33 bits per heavy atom. The quantitative estimate of drug-likeness (QED) is 0.867. The first kappa shape index (κ1) is 17.2. The van der Waals surface area contributed by atoms with E-state index in [-0.39, 0.29) is 17.9 Å². The van der Waals surface area contributed by atoms with Crippen LogP contribution in [0.3, 0.4) is 0 Å². The van der Waals surface area contributed by atoms with Crippen LogP contribution < -0.4 is 10.1 Å². The van der Waals surface area contributed by atoms with Gasteiger partial charge in [-0.25, -0.2) is 0 Å². The highest BCUT2D eigenvalue weighted by atomic mass is 16.5. The van der Waals surface area contributed by atoms with E-state index in [1.165, 1.54) is 0 Å². The third-order valence-electron chi connectivity index (χ3n) is 4.81. The third-order valence-corrected chi connectivity index (χ3v) is 4.81. The SMILES string of the molecule is CC(C)OCCN1CCC(NC(=O)C2COc3ccccc32)CC1. The molecule has 1 atom stereocenters. The lowest BCUT2D eigenvalue weighted by molar-refractivity contribution is -0.123. The smallest absolute Gasteiger partial charge is 0.231 e. The number of carbonyl (C=O) groups excluding carboxylic acids is 1. The molecular formula is C19H28N2O3. The van der Waals surface area contributed by atoms with E-state index in [1.54, 1.807) is 0 Å². The molecule has 2 heterocycles. The Balaban J connectivity index is 1.43. The largest absolute Gasteiger partial charge is 0.492 e. The second kappa shape index (κ2) is 7.99. The summed E-state index contributed by atoms with van der Waals surface area (Å²) in [6.07, 6.45) is 2.30. The van der Waals surface area contributed by atoms with Crippen LogP contribution in [0.4, 0.5) is 0 Å². The molecule has 24 heavy (non-hydrogen) atoms. The number of ether oxygens (including phenoxy) is 2. The zero-order chi connectivity index (χ0) is 16.9. The Labute approximate surface area is 144 Å². The summed E-state index contributed by atoms with van der Waals surface area (Å²) < 4.78 is 11.2. The molecule has 1 fully saturated rings. The maximum atomic E-state index is 12.6. The van der Waals surface area contributed by atoms with Crippen molar-refractivity contribution in [2.45, 2.75) is 44.8 Å². The van der Waals surface area contributed by atoms with Crippen molar-refractivity contribution in [1.82, 2.24) is 10.2 Å². The van der Waals surface area contributed by atoms with Gasteiger partial charge in [0.1, 0.15) is 18.3 Å². The average Bonchev–Trinajstić information content (AvgIpc) is 3.00. The predicted octanol–water partition coefficient (Wildman–Crippen LogP) is 2.17. The first-order valence-corrected chi connectivity index (χ1v) is 8.99. The number of rotatable bonds is 6. The lowest BCUT2D eigenvalue weighted by atomic mass is 9.98. The van der Waals surface area contributed by atoms with Gasteiger partial charge in [-0.1, -0.05) is 18.2 Å². The van der Waals surface area contributed by atoms with E-state index in [9.17, 15) is 4.79 Å². The normalized spacial score (nSPS) is 21.5. The molecular weight excluding hydrogens is 304 g/mol. The van der Waals surface area contributed by atoms with Gasteiger partial charge < -0.3 is 19.7 Å². The molecule has 132 valence electrons. The Hall–Kier alpha value is -1.59. The highest BCUT2D eigenvalue weighted by Crippen LogP contribution is 2.33. The van der Waals surface area contributed by atoms with Crippen molar-refractivity contribution in [3.8, 4) is 5.75 Å². The van der Waals surface area contributed by atoms with E-state index in [0.29, 0.717) is 12.7 Å². The highest BCUT2D eigenvalue weighted by Gasteiger charge is 2.31. The summed E-state index contributed by atoms with van der Waals surface area (Å²) in [7, 11) is 0. The number of nitrogens with one attached hydrogen (secondary N) is 1. The standard InChI is InChI=1S/C19H28N2O3/c1-14(2)23-12-11-21-9-7-15(8-10-21)20-19(22)17-13-24-18-6-4-3-5-16(17)18/h3-6,14-15,17H,7-13H2,1-2H3,(H,20,22). The maximum absolute atomic E-state index is 12.6. The number of carbonyl (C=O) groups is 1. The van der Waals surface area contributed by atoms with Crippen molar-refractivity contribution in [1.29, 1.82) is 0 Å². The summed E-state index contributed by atoms with van der Waals surface area (Å²) >= 11 is 0. The van der Waals surface area contributed by atoms with Crippen LogP contribution in [-0.2, 0) is 9.53 Å². The number of amides is 1. The summed E-state index contributed by atoms with van der Waals surface area (Å²) in [6.45, 7) is 8.37. The molecule has 1 amide bonds. The molecule has 2 aliphatic heterocycles. The summed E-state index contributed by atoms with van der Waals surface area (Å²) in [4.78, 5) is 15.0. The zero-order valence-electron chi connectivity index (χ0n) is 14.7. The van der Waals surface area contributed by atoms with Gasteiger partial charge in [0.2, 0.25) is 5.91 Å². The Morgan fingerprint density at radius 3 is 2.83 bits per heavy atom. The Morgan fingerprint density at radius 2 is 2.08 bits per heavy atom. The minimum Gasteiger partial charge on any atom is -0.492 e. The fourth-order valence-corrected chi connectivity index (χ4v) is 3.40. The van der Waals surface area contributed by atoms with Gasteiger partial charge in [-0.15, -0.1) is 0 Å². The number of likely N-dealkylation sites (tertiary alicyclic amines) is 1. The molecule has 0 bridgehead atoms. The fraction of sp³-hybridized carbons (Fsp3) is 0.632. The van der Waals surface area contributed by atoms with E-state index < -0.39 is 0 Å². The molecule has 0 radical (unpaired) electrons. The summed E-state index contributed by atoms with van der Waals surface area (Å²) in [5, 5.41) is 3.22. The van der Waals surface area contributed by atoms with E-state index in [2.05, 4.69) is 24.1 Å². The van der Waals surface area contributed by atoms with Crippen molar-refractivity contribution in [2.75, 3.05) is 32.8 Å². The van der Waals surface area contributed by atoms with Gasteiger partial charge in [0.05, 0.1) is 12.7 Å². The third kappa shape index (κ3) is 4.28. The van der Waals surface area contributed by atoms with Crippen LogP contribution in [0.25, 0.3) is 0 Å². The Kier molecular flexibility index (Phi) is 5.74. The zero-order valence-corrected chi connectivity index (χ0v) is 14.7. The number of nitrogens with zero attached hydrogens (tertiary/aromatic N) is 1. The average molecular weight is 332 g/mol. The van der Waals surface area contributed by atoms with E-state index in [0.717, 1.165) is 50.4 Å². The van der Waals surface area contributed by atoms with Crippen LogP contribution in [0.1, 0.15) is 38.2 Å². The molecule has 0 aliphatic carbocycles. The van der Waals surface area contributed by atoms with Gasteiger partial charge >= 0.3 is 0 Å². The van der Waals surface area contributed by atoms with Gasteiger partial charge in [0, 0.05) is 31.2 Å². The van der Waals surface area contributed by atoms with Crippen molar-refractivity contribution in [2.24, 2.45) is 0 Å². The molecule has 0 spiro atoms. The predicted molar refractivity (Wildman–Crippen MR) is 93.4 cm³/mol. The Bertz CT molecular complexity index is 553. The maximum Gasteiger partial charge on any atom is 0.231 e. The second-order valence-electron chi connectivity index (χ2n) is 6.95. The van der Waals surface area contributed by atoms with Gasteiger partial charge in [-0.05, 0) is 32.8 Å². The van der Waals surface area contributed by atoms with E-state index in [1.807, 2.05) is 24.3 Å². The topological polar surface area (TPSA) is 50.8 Å². The molecule has 1 saturated heterocycles. The van der Waals surface area contributed by atoms with Crippen LogP contribution in [0.15, 0.2) is 24.3 Å². The minimum atomic E-state index is -0.168. The molecule has 3 rings (SSSR count). The van der Waals surface area contributed by atoms with Gasteiger partial charge in [-0.3, -0.25) is 4.79 Å². The van der Waals surface area contributed by atoms with Crippen molar-refractivity contribution in [3.63, 3.8) is 0 Å². The second-order valence-corrected chi connectivity index (χ2v) is 6.95. The summed E-state index contributed by atoms with van der Waals surface area (Å²) in [6, 6.07) is 8.10. The van der Waals surface area contributed by atoms with Gasteiger partial charge in [-0.2, -0.15) is 0 Å². The molecule has 0 aromatic heterocycles. The first-order valence-electron chi connectivity index (χ1n) is 8.99. The van der Waals surface area contributed by atoms with Crippen LogP contribution in [0.2, 0.25) is 0 Å². The van der Waals surface area contributed by atoms with Gasteiger partial charge in [0.15, 0.2) is 0 Å².